The maximum atomic E-state index is 6.15. The highest BCUT2D eigenvalue weighted by molar-refractivity contribution is 5.82. The van der Waals surface area contributed by atoms with Gasteiger partial charge in [-0.3, -0.25) is 0 Å². The lowest BCUT2D eigenvalue weighted by Gasteiger charge is -2.24. The molecule has 2 N–H and O–H groups in total. The van der Waals surface area contributed by atoms with E-state index in [0.29, 0.717) is 0 Å². The highest BCUT2D eigenvalue weighted by Gasteiger charge is 2.13. The topological polar surface area (TPSA) is 41.6 Å². The Labute approximate surface area is 102 Å². The zero-order chi connectivity index (χ0) is 12.1. The minimum atomic E-state index is -0.0111. The fraction of sp³-hybridized carbons (Fsp3) is 0.214. The van der Waals surface area contributed by atoms with Gasteiger partial charge in [-0.2, -0.15) is 0 Å². The number of para-hydroxylation sites is 1. The van der Waals surface area contributed by atoms with Crippen molar-refractivity contribution in [3.05, 3.63) is 54.8 Å². The summed E-state index contributed by atoms with van der Waals surface area (Å²) in [5, 5.41) is 0. The first-order valence-corrected chi connectivity index (χ1v) is 5.73. The monoisotopic (exact) mass is 227 g/mol. The van der Waals surface area contributed by atoms with Gasteiger partial charge in [-0.1, -0.05) is 24.3 Å². The first-order chi connectivity index (χ1) is 8.33. The first kappa shape index (κ1) is 11.6. The average Bonchev–Trinajstić information content (AvgIpc) is 2.40. The van der Waals surface area contributed by atoms with E-state index in [9.17, 15) is 0 Å². The van der Waals surface area contributed by atoms with Crippen LogP contribution in [0.3, 0.4) is 0 Å². The predicted molar refractivity (Wildman–Crippen MR) is 73.2 cm³/mol. The van der Waals surface area contributed by atoms with Gasteiger partial charge in [0.15, 0.2) is 0 Å². The fourth-order valence-corrected chi connectivity index (χ4v) is 1.92. The third-order valence-corrected chi connectivity index (χ3v) is 2.77. The molecule has 3 heteroatoms. The van der Waals surface area contributed by atoms with E-state index in [0.717, 1.165) is 24.2 Å². The Kier molecular flexibility index (Phi) is 3.73. The fourth-order valence-electron chi connectivity index (χ4n) is 1.92. The van der Waals surface area contributed by atoms with Crippen molar-refractivity contribution in [2.75, 3.05) is 11.4 Å². The van der Waals surface area contributed by atoms with Crippen molar-refractivity contribution in [2.45, 2.75) is 12.5 Å². The average molecular weight is 227 g/mol. The SMILES string of the molecule is C=CCC(N)c1ccccc1N1C=NC=CC1. The first-order valence-electron chi connectivity index (χ1n) is 5.73. The molecular weight excluding hydrogens is 210 g/mol. The molecule has 1 aliphatic heterocycles. The Morgan fingerprint density at radius 1 is 1.47 bits per heavy atom. The van der Waals surface area contributed by atoms with Crippen molar-refractivity contribution >= 4 is 12.0 Å². The molecule has 0 saturated carbocycles. The molecule has 1 aromatic rings. The molecule has 0 saturated heterocycles. The summed E-state index contributed by atoms with van der Waals surface area (Å²) in [4.78, 5) is 6.24. The van der Waals surface area contributed by atoms with Crippen molar-refractivity contribution in [3.63, 3.8) is 0 Å². The number of nitrogens with zero attached hydrogens (tertiary/aromatic N) is 2. The number of hydrogen-bond acceptors (Lipinski definition) is 3. The molecule has 0 aromatic heterocycles. The maximum Gasteiger partial charge on any atom is 0.0952 e. The molecular formula is C14H17N3. The number of rotatable bonds is 4. The van der Waals surface area contributed by atoms with E-state index >= 15 is 0 Å². The van der Waals surface area contributed by atoms with Crippen LogP contribution in [0.1, 0.15) is 18.0 Å². The van der Waals surface area contributed by atoms with Crippen LogP contribution >= 0.6 is 0 Å². The van der Waals surface area contributed by atoms with Crippen molar-refractivity contribution in [3.8, 4) is 0 Å². The maximum absolute atomic E-state index is 6.15. The molecule has 1 aliphatic rings. The summed E-state index contributed by atoms with van der Waals surface area (Å²) in [6.45, 7) is 4.57. The Morgan fingerprint density at radius 2 is 2.29 bits per heavy atom. The number of anilines is 1. The van der Waals surface area contributed by atoms with Gasteiger partial charge in [-0.15, -0.1) is 6.58 Å². The Morgan fingerprint density at radius 3 is 3.00 bits per heavy atom. The van der Waals surface area contributed by atoms with Crippen LogP contribution in [-0.4, -0.2) is 12.9 Å². The van der Waals surface area contributed by atoms with Gasteiger partial charge in [0.1, 0.15) is 0 Å². The summed E-state index contributed by atoms with van der Waals surface area (Å²) < 4.78 is 0. The van der Waals surface area contributed by atoms with E-state index in [2.05, 4.69) is 28.6 Å². The van der Waals surface area contributed by atoms with E-state index in [1.165, 1.54) is 0 Å². The van der Waals surface area contributed by atoms with Gasteiger partial charge in [-0.25, -0.2) is 4.99 Å². The molecule has 17 heavy (non-hydrogen) atoms. The van der Waals surface area contributed by atoms with Crippen LogP contribution in [-0.2, 0) is 0 Å². The van der Waals surface area contributed by atoms with Gasteiger partial charge < -0.3 is 10.6 Å². The lowest BCUT2D eigenvalue weighted by molar-refractivity contribution is 0.740. The third-order valence-electron chi connectivity index (χ3n) is 2.77. The second-order valence-corrected chi connectivity index (χ2v) is 3.99. The van der Waals surface area contributed by atoms with Crippen molar-refractivity contribution in [1.29, 1.82) is 0 Å². The molecule has 0 bridgehead atoms. The molecule has 0 radical (unpaired) electrons. The molecule has 1 unspecified atom stereocenters. The van der Waals surface area contributed by atoms with Crippen LogP contribution in [0.5, 0.6) is 0 Å². The van der Waals surface area contributed by atoms with E-state index in [-0.39, 0.29) is 6.04 Å². The standard InChI is InChI=1S/C14H17N3/c1-2-6-13(15)12-7-3-4-8-14(12)17-10-5-9-16-11-17/h2-5,7-9,11,13H,1,6,10,15H2. The van der Waals surface area contributed by atoms with Crippen LogP contribution < -0.4 is 10.6 Å². The molecule has 88 valence electrons. The zero-order valence-electron chi connectivity index (χ0n) is 9.79. The summed E-state index contributed by atoms with van der Waals surface area (Å²) in [6, 6.07) is 8.16. The van der Waals surface area contributed by atoms with Gasteiger partial charge in [0.05, 0.1) is 6.34 Å². The van der Waals surface area contributed by atoms with Crippen molar-refractivity contribution in [1.82, 2.24) is 0 Å². The quantitative estimate of drug-likeness (QED) is 0.803. The molecule has 2 rings (SSSR count). The third kappa shape index (κ3) is 2.63. The van der Waals surface area contributed by atoms with E-state index < -0.39 is 0 Å². The molecule has 0 amide bonds. The van der Waals surface area contributed by atoms with Gasteiger partial charge in [0.2, 0.25) is 0 Å². The van der Waals surface area contributed by atoms with E-state index in [1.807, 2.05) is 36.8 Å². The second kappa shape index (κ2) is 5.46. The Bertz CT molecular complexity index is 449. The minimum Gasteiger partial charge on any atom is -0.328 e. The normalized spacial score (nSPS) is 15.9. The lowest BCUT2D eigenvalue weighted by atomic mass is 10.0. The Hall–Kier alpha value is -1.87. The van der Waals surface area contributed by atoms with Crippen LogP contribution in [0.15, 0.2) is 54.2 Å². The highest BCUT2D eigenvalue weighted by atomic mass is 15.2. The summed E-state index contributed by atoms with van der Waals surface area (Å²) >= 11 is 0. The summed E-state index contributed by atoms with van der Waals surface area (Å²) in [6.07, 6.45) is 8.29. The number of benzene rings is 1. The number of nitrogens with two attached hydrogens (primary N) is 1. The molecule has 0 spiro atoms. The van der Waals surface area contributed by atoms with Gasteiger partial charge in [-0.05, 0) is 24.1 Å². The summed E-state index contributed by atoms with van der Waals surface area (Å²) in [5.41, 5.74) is 8.41. The van der Waals surface area contributed by atoms with Gasteiger partial charge in [0, 0.05) is 24.5 Å². The van der Waals surface area contributed by atoms with Gasteiger partial charge in [0.25, 0.3) is 0 Å². The molecule has 0 aliphatic carbocycles. The molecule has 0 fully saturated rings. The Balaban J connectivity index is 2.29. The summed E-state index contributed by atoms with van der Waals surface area (Å²) in [5.74, 6) is 0. The highest BCUT2D eigenvalue weighted by Crippen LogP contribution is 2.26. The molecule has 1 heterocycles. The number of aliphatic imine (C=N–C) groups is 1. The smallest absolute Gasteiger partial charge is 0.0952 e. The predicted octanol–water partition coefficient (Wildman–Crippen LogP) is 2.62. The van der Waals surface area contributed by atoms with Crippen LogP contribution in [0.2, 0.25) is 0 Å². The lowest BCUT2D eigenvalue weighted by Crippen LogP contribution is -2.25. The molecule has 1 atom stereocenters. The van der Waals surface area contributed by atoms with Crippen LogP contribution in [0.25, 0.3) is 0 Å². The van der Waals surface area contributed by atoms with Crippen molar-refractivity contribution in [2.24, 2.45) is 10.7 Å². The molecule has 3 nitrogen and oxygen atoms in total. The van der Waals surface area contributed by atoms with Gasteiger partial charge >= 0.3 is 0 Å². The van der Waals surface area contributed by atoms with Crippen molar-refractivity contribution < 1.29 is 0 Å². The molecule has 1 aromatic carbocycles. The second-order valence-electron chi connectivity index (χ2n) is 3.99. The largest absolute Gasteiger partial charge is 0.328 e. The number of hydrogen-bond donors (Lipinski definition) is 1. The summed E-state index contributed by atoms with van der Waals surface area (Å²) in [7, 11) is 0. The zero-order valence-corrected chi connectivity index (χ0v) is 9.79. The van der Waals surface area contributed by atoms with E-state index in [1.54, 1.807) is 0 Å². The van der Waals surface area contributed by atoms with Crippen LogP contribution in [0, 0.1) is 0 Å². The van der Waals surface area contributed by atoms with E-state index in [4.69, 9.17) is 5.73 Å². The minimum absolute atomic E-state index is 0.0111. The van der Waals surface area contributed by atoms with Crippen LogP contribution in [0.4, 0.5) is 5.69 Å².